The molecule has 0 spiro atoms. The second-order valence-corrected chi connectivity index (χ2v) is 6.97. The lowest BCUT2D eigenvalue weighted by Crippen LogP contribution is -2.43. The Bertz CT molecular complexity index is 321. The highest BCUT2D eigenvalue weighted by Crippen LogP contribution is 2.33. The fraction of sp³-hybridized carbons (Fsp3) is 0.938. The summed E-state index contributed by atoms with van der Waals surface area (Å²) in [5.41, 5.74) is 0. The van der Waals surface area contributed by atoms with Crippen molar-refractivity contribution in [3.8, 4) is 0 Å². The number of nitrogens with zero attached hydrogens (tertiary/aromatic N) is 1. The molecule has 3 rings (SSSR count). The Labute approximate surface area is 117 Å². The van der Waals surface area contributed by atoms with E-state index in [1.807, 2.05) is 0 Å². The molecular formula is C16H28N2O. The first-order valence-electron chi connectivity index (χ1n) is 8.27. The second kappa shape index (κ2) is 5.82. The molecule has 3 fully saturated rings. The summed E-state index contributed by atoms with van der Waals surface area (Å²) in [6.07, 6.45) is 9.32. The van der Waals surface area contributed by atoms with Crippen LogP contribution in [0, 0.1) is 17.8 Å². The SMILES string of the molecule is C[C@@H]1CNC[C@H]1C(=O)N(CC1CCCCC1)C1CC1. The normalized spacial score (nSPS) is 32.5. The molecule has 2 atom stereocenters. The van der Waals surface area contributed by atoms with E-state index in [2.05, 4.69) is 17.1 Å². The Morgan fingerprint density at radius 2 is 1.84 bits per heavy atom. The van der Waals surface area contributed by atoms with E-state index in [0.29, 0.717) is 17.9 Å². The zero-order valence-corrected chi connectivity index (χ0v) is 12.2. The molecular weight excluding hydrogens is 236 g/mol. The minimum atomic E-state index is 0.240. The van der Waals surface area contributed by atoms with Gasteiger partial charge in [0.2, 0.25) is 5.91 Å². The highest BCUT2D eigenvalue weighted by molar-refractivity contribution is 5.80. The molecule has 1 heterocycles. The average molecular weight is 264 g/mol. The monoisotopic (exact) mass is 264 g/mol. The molecule has 1 aliphatic heterocycles. The highest BCUT2D eigenvalue weighted by atomic mass is 16.2. The van der Waals surface area contributed by atoms with Crippen molar-refractivity contribution in [2.45, 2.75) is 57.9 Å². The van der Waals surface area contributed by atoms with E-state index in [-0.39, 0.29) is 5.92 Å². The smallest absolute Gasteiger partial charge is 0.227 e. The molecule has 0 unspecified atom stereocenters. The van der Waals surface area contributed by atoms with Crippen molar-refractivity contribution in [2.75, 3.05) is 19.6 Å². The first-order chi connectivity index (χ1) is 9.25. The van der Waals surface area contributed by atoms with Crippen LogP contribution >= 0.6 is 0 Å². The van der Waals surface area contributed by atoms with Gasteiger partial charge in [0.1, 0.15) is 0 Å². The molecule has 2 aliphatic carbocycles. The molecule has 19 heavy (non-hydrogen) atoms. The van der Waals surface area contributed by atoms with Crippen molar-refractivity contribution >= 4 is 5.91 Å². The van der Waals surface area contributed by atoms with E-state index in [1.165, 1.54) is 44.9 Å². The number of amides is 1. The lowest BCUT2D eigenvalue weighted by molar-refractivity contribution is -0.137. The standard InChI is InChI=1S/C16H28N2O/c1-12-9-17-10-15(12)16(19)18(14-7-8-14)11-13-5-3-2-4-6-13/h12-15,17H,2-11H2,1H3/t12-,15-/m1/s1. The number of carbonyl (C=O) groups excluding carboxylic acids is 1. The van der Waals surface area contributed by atoms with Crippen molar-refractivity contribution in [1.29, 1.82) is 0 Å². The van der Waals surface area contributed by atoms with E-state index in [1.54, 1.807) is 0 Å². The summed E-state index contributed by atoms with van der Waals surface area (Å²) < 4.78 is 0. The van der Waals surface area contributed by atoms with Gasteiger partial charge in [-0.3, -0.25) is 4.79 Å². The summed E-state index contributed by atoms with van der Waals surface area (Å²) in [5, 5.41) is 3.37. The van der Waals surface area contributed by atoms with Crippen molar-refractivity contribution in [2.24, 2.45) is 17.8 Å². The number of hydrogen-bond acceptors (Lipinski definition) is 2. The highest BCUT2D eigenvalue weighted by Gasteiger charge is 2.39. The molecule has 2 saturated carbocycles. The van der Waals surface area contributed by atoms with Crippen LogP contribution in [-0.2, 0) is 4.79 Å². The summed E-state index contributed by atoms with van der Waals surface area (Å²) in [4.78, 5) is 15.1. The van der Waals surface area contributed by atoms with Crippen molar-refractivity contribution in [3.05, 3.63) is 0 Å². The van der Waals surface area contributed by atoms with Gasteiger partial charge in [-0.2, -0.15) is 0 Å². The Kier molecular flexibility index (Phi) is 4.11. The zero-order chi connectivity index (χ0) is 13.2. The Morgan fingerprint density at radius 3 is 2.42 bits per heavy atom. The van der Waals surface area contributed by atoms with Gasteiger partial charge in [0.05, 0.1) is 5.92 Å². The topological polar surface area (TPSA) is 32.3 Å². The van der Waals surface area contributed by atoms with Gasteiger partial charge in [-0.05, 0) is 44.1 Å². The molecule has 1 amide bonds. The number of carbonyl (C=O) groups is 1. The van der Waals surface area contributed by atoms with Crippen LogP contribution < -0.4 is 5.32 Å². The van der Waals surface area contributed by atoms with Gasteiger partial charge in [-0.15, -0.1) is 0 Å². The van der Waals surface area contributed by atoms with E-state index in [9.17, 15) is 4.79 Å². The van der Waals surface area contributed by atoms with Gasteiger partial charge in [-0.1, -0.05) is 26.2 Å². The minimum absolute atomic E-state index is 0.240. The van der Waals surface area contributed by atoms with Gasteiger partial charge in [0, 0.05) is 19.1 Å². The number of nitrogens with one attached hydrogen (secondary N) is 1. The minimum Gasteiger partial charge on any atom is -0.339 e. The maximum absolute atomic E-state index is 12.8. The third-order valence-corrected chi connectivity index (χ3v) is 5.29. The van der Waals surface area contributed by atoms with Gasteiger partial charge >= 0.3 is 0 Å². The molecule has 3 nitrogen and oxygen atoms in total. The van der Waals surface area contributed by atoms with Gasteiger partial charge in [-0.25, -0.2) is 0 Å². The van der Waals surface area contributed by atoms with Crippen molar-refractivity contribution in [1.82, 2.24) is 10.2 Å². The lowest BCUT2D eigenvalue weighted by Gasteiger charge is -2.32. The summed E-state index contributed by atoms with van der Waals surface area (Å²) in [7, 11) is 0. The fourth-order valence-corrected chi connectivity index (χ4v) is 3.81. The third-order valence-electron chi connectivity index (χ3n) is 5.29. The fourth-order valence-electron chi connectivity index (χ4n) is 3.81. The summed E-state index contributed by atoms with van der Waals surface area (Å²) >= 11 is 0. The first-order valence-corrected chi connectivity index (χ1v) is 8.27. The maximum atomic E-state index is 12.8. The van der Waals surface area contributed by atoms with E-state index < -0.39 is 0 Å². The van der Waals surface area contributed by atoms with E-state index in [0.717, 1.165) is 25.6 Å². The predicted molar refractivity (Wildman–Crippen MR) is 76.8 cm³/mol. The van der Waals surface area contributed by atoms with Crippen LogP contribution in [0.4, 0.5) is 0 Å². The maximum Gasteiger partial charge on any atom is 0.227 e. The second-order valence-electron chi connectivity index (χ2n) is 6.97. The first kappa shape index (κ1) is 13.4. The quantitative estimate of drug-likeness (QED) is 0.845. The van der Waals surface area contributed by atoms with E-state index in [4.69, 9.17) is 0 Å². The average Bonchev–Trinajstić information content (AvgIpc) is 3.18. The molecule has 3 aliphatic rings. The Morgan fingerprint density at radius 1 is 1.11 bits per heavy atom. The largest absolute Gasteiger partial charge is 0.339 e. The third kappa shape index (κ3) is 3.13. The van der Waals surface area contributed by atoms with Crippen LogP contribution in [0.5, 0.6) is 0 Å². The van der Waals surface area contributed by atoms with Crippen LogP contribution in [0.15, 0.2) is 0 Å². The summed E-state index contributed by atoms with van der Waals surface area (Å²) in [6, 6.07) is 0.585. The molecule has 0 aromatic heterocycles. The molecule has 108 valence electrons. The molecule has 0 radical (unpaired) electrons. The van der Waals surface area contributed by atoms with Crippen molar-refractivity contribution in [3.63, 3.8) is 0 Å². The number of hydrogen-bond donors (Lipinski definition) is 1. The van der Waals surface area contributed by atoms with Gasteiger partial charge < -0.3 is 10.2 Å². The van der Waals surface area contributed by atoms with E-state index >= 15 is 0 Å². The summed E-state index contributed by atoms with van der Waals surface area (Å²) in [5.74, 6) is 1.98. The molecule has 0 aromatic carbocycles. The molecule has 1 saturated heterocycles. The zero-order valence-electron chi connectivity index (χ0n) is 12.2. The van der Waals surface area contributed by atoms with Crippen LogP contribution in [0.3, 0.4) is 0 Å². The lowest BCUT2D eigenvalue weighted by atomic mass is 9.88. The molecule has 0 aromatic rings. The van der Waals surface area contributed by atoms with Gasteiger partial charge in [0.15, 0.2) is 0 Å². The van der Waals surface area contributed by atoms with Crippen LogP contribution in [0.2, 0.25) is 0 Å². The van der Waals surface area contributed by atoms with Gasteiger partial charge in [0.25, 0.3) is 0 Å². The van der Waals surface area contributed by atoms with Crippen LogP contribution in [0.25, 0.3) is 0 Å². The van der Waals surface area contributed by atoms with Crippen LogP contribution in [0.1, 0.15) is 51.9 Å². The van der Waals surface area contributed by atoms with Crippen LogP contribution in [-0.4, -0.2) is 36.5 Å². The predicted octanol–water partition coefficient (Wildman–Crippen LogP) is 2.41. The Balaban J connectivity index is 1.61. The van der Waals surface area contributed by atoms with Crippen molar-refractivity contribution < 1.29 is 4.79 Å². The molecule has 1 N–H and O–H groups in total. The Hall–Kier alpha value is -0.570. The molecule has 0 bridgehead atoms. The summed E-state index contributed by atoms with van der Waals surface area (Å²) in [6.45, 7) is 5.17. The number of rotatable bonds is 4. The molecule has 3 heteroatoms.